The number of nitrogens with zero attached hydrogens (tertiary/aromatic N) is 4. The lowest BCUT2D eigenvalue weighted by Gasteiger charge is -2.37. The summed E-state index contributed by atoms with van der Waals surface area (Å²) in [6.45, 7) is 4.00. The number of hydrogen-bond donors (Lipinski definition) is 1. The zero-order valence-electron chi connectivity index (χ0n) is 10.9. The molecular weight excluding hydrogens is 236 g/mol. The standard InChI is InChI=1S/C11H18N4O3/c1-10(2,18-3)8-12-13-14-15(8)7-11(9(16)17)5-4-6-11/h4-7H2,1-3H3,(H,16,17). The van der Waals surface area contributed by atoms with Crippen LogP contribution in [0.1, 0.15) is 38.9 Å². The molecule has 100 valence electrons. The molecule has 0 radical (unpaired) electrons. The molecule has 1 aliphatic carbocycles. The Morgan fingerprint density at radius 1 is 1.56 bits per heavy atom. The van der Waals surface area contributed by atoms with E-state index < -0.39 is 17.0 Å². The molecule has 1 saturated carbocycles. The first-order valence-electron chi connectivity index (χ1n) is 5.96. The van der Waals surface area contributed by atoms with Gasteiger partial charge in [-0.1, -0.05) is 6.42 Å². The van der Waals surface area contributed by atoms with Gasteiger partial charge >= 0.3 is 5.97 Å². The van der Waals surface area contributed by atoms with E-state index in [0.717, 1.165) is 6.42 Å². The first-order chi connectivity index (χ1) is 8.41. The van der Waals surface area contributed by atoms with E-state index >= 15 is 0 Å². The number of methoxy groups -OCH3 is 1. The zero-order chi connectivity index (χ0) is 13.4. The van der Waals surface area contributed by atoms with E-state index in [4.69, 9.17) is 4.74 Å². The molecule has 0 bridgehead atoms. The Morgan fingerprint density at radius 2 is 2.22 bits per heavy atom. The smallest absolute Gasteiger partial charge is 0.311 e. The van der Waals surface area contributed by atoms with Crippen LogP contribution in [-0.2, 0) is 21.7 Å². The summed E-state index contributed by atoms with van der Waals surface area (Å²) in [5.41, 5.74) is -1.35. The lowest BCUT2D eigenvalue weighted by molar-refractivity contribution is -0.156. The molecule has 0 unspecified atom stereocenters. The van der Waals surface area contributed by atoms with Crippen molar-refractivity contribution in [1.82, 2.24) is 20.2 Å². The van der Waals surface area contributed by atoms with Crippen LogP contribution in [0, 0.1) is 5.41 Å². The highest BCUT2D eigenvalue weighted by molar-refractivity contribution is 5.75. The second-order valence-electron chi connectivity index (χ2n) is 5.31. The van der Waals surface area contributed by atoms with Gasteiger partial charge in [0.25, 0.3) is 0 Å². The van der Waals surface area contributed by atoms with E-state index in [-0.39, 0.29) is 0 Å². The maximum Gasteiger partial charge on any atom is 0.311 e. The largest absolute Gasteiger partial charge is 0.481 e. The average molecular weight is 254 g/mol. The van der Waals surface area contributed by atoms with Gasteiger partial charge in [0.1, 0.15) is 5.60 Å². The van der Waals surface area contributed by atoms with Crippen molar-refractivity contribution in [2.24, 2.45) is 5.41 Å². The average Bonchev–Trinajstić information content (AvgIpc) is 2.71. The quantitative estimate of drug-likeness (QED) is 0.836. The van der Waals surface area contributed by atoms with Crippen molar-refractivity contribution in [3.8, 4) is 0 Å². The summed E-state index contributed by atoms with van der Waals surface area (Å²) in [4.78, 5) is 11.3. The molecule has 0 spiro atoms. The van der Waals surface area contributed by atoms with Crippen LogP contribution in [0.2, 0.25) is 0 Å². The summed E-state index contributed by atoms with van der Waals surface area (Å²) >= 11 is 0. The number of carboxylic acid groups (broad SMARTS) is 1. The number of rotatable bonds is 5. The fraction of sp³-hybridized carbons (Fsp3) is 0.818. The summed E-state index contributed by atoms with van der Waals surface area (Å²) in [6, 6.07) is 0. The molecule has 0 atom stereocenters. The van der Waals surface area contributed by atoms with E-state index in [1.54, 1.807) is 11.8 Å². The summed E-state index contributed by atoms with van der Waals surface area (Å²) in [5.74, 6) is -0.219. The van der Waals surface area contributed by atoms with Gasteiger partial charge < -0.3 is 9.84 Å². The van der Waals surface area contributed by atoms with Gasteiger partial charge in [-0.25, -0.2) is 4.68 Å². The molecule has 7 heteroatoms. The molecule has 0 amide bonds. The van der Waals surface area contributed by atoms with Crippen LogP contribution in [-0.4, -0.2) is 38.4 Å². The molecule has 18 heavy (non-hydrogen) atoms. The highest BCUT2D eigenvalue weighted by atomic mass is 16.5. The van der Waals surface area contributed by atoms with E-state index in [9.17, 15) is 9.90 Å². The first-order valence-corrected chi connectivity index (χ1v) is 5.96. The highest BCUT2D eigenvalue weighted by Crippen LogP contribution is 2.43. The Balaban J connectivity index is 2.25. The number of aliphatic carboxylic acids is 1. The van der Waals surface area contributed by atoms with Crippen LogP contribution in [0.3, 0.4) is 0 Å². The molecule has 1 N–H and O–H groups in total. The van der Waals surface area contributed by atoms with Crippen molar-refractivity contribution in [1.29, 1.82) is 0 Å². The third kappa shape index (κ3) is 1.98. The van der Waals surface area contributed by atoms with Gasteiger partial charge in [0.05, 0.1) is 12.0 Å². The van der Waals surface area contributed by atoms with Crippen molar-refractivity contribution >= 4 is 5.97 Å². The van der Waals surface area contributed by atoms with Gasteiger partial charge in [-0.15, -0.1) is 5.10 Å². The van der Waals surface area contributed by atoms with Crippen LogP contribution in [0.25, 0.3) is 0 Å². The maximum absolute atomic E-state index is 11.3. The molecule has 1 aliphatic rings. The molecule has 0 saturated heterocycles. The van der Waals surface area contributed by atoms with Gasteiger partial charge in [-0.05, 0) is 37.1 Å². The molecular formula is C11H18N4O3. The van der Waals surface area contributed by atoms with E-state index in [1.807, 2.05) is 13.8 Å². The van der Waals surface area contributed by atoms with Gasteiger partial charge in [-0.2, -0.15) is 0 Å². The Labute approximate surface area is 105 Å². The Bertz CT molecular complexity index is 451. The summed E-state index contributed by atoms with van der Waals surface area (Å²) in [6.07, 6.45) is 2.29. The fourth-order valence-corrected chi connectivity index (χ4v) is 2.16. The van der Waals surface area contributed by atoms with Crippen molar-refractivity contribution in [3.05, 3.63) is 5.82 Å². The lowest BCUT2D eigenvalue weighted by atomic mass is 9.69. The lowest BCUT2D eigenvalue weighted by Crippen LogP contribution is -2.43. The van der Waals surface area contributed by atoms with Gasteiger partial charge in [0.2, 0.25) is 0 Å². The molecule has 1 aromatic rings. The molecule has 0 aliphatic heterocycles. The van der Waals surface area contributed by atoms with Crippen molar-refractivity contribution in [2.75, 3.05) is 7.11 Å². The molecule has 7 nitrogen and oxygen atoms in total. The predicted molar refractivity (Wildman–Crippen MR) is 61.8 cm³/mol. The monoisotopic (exact) mass is 254 g/mol. The Kier molecular flexibility index (Phi) is 3.10. The molecule has 0 aromatic carbocycles. The van der Waals surface area contributed by atoms with Crippen LogP contribution in [0.4, 0.5) is 0 Å². The predicted octanol–water partition coefficient (Wildman–Crippen LogP) is 0.809. The van der Waals surface area contributed by atoms with Crippen molar-refractivity contribution in [2.45, 2.75) is 45.3 Å². The minimum absolute atomic E-state index is 0.303. The number of tetrazole rings is 1. The summed E-state index contributed by atoms with van der Waals surface area (Å²) in [7, 11) is 1.58. The van der Waals surface area contributed by atoms with Gasteiger partial charge in [-0.3, -0.25) is 4.79 Å². The highest BCUT2D eigenvalue weighted by Gasteiger charge is 2.46. The maximum atomic E-state index is 11.3. The van der Waals surface area contributed by atoms with Crippen molar-refractivity contribution < 1.29 is 14.6 Å². The molecule has 1 aromatic heterocycles. The van der Waals surface area contributed by atoms with Crippen LogP contribution in [0.5, 0.6) is 0 Å². The Morgan fingerprint density at radius 3 is 2.67 bits per heavy atom. The van der Waals surface area contributed by atoms with Crippen LogP contribution in [0.15, 0.2) is 0 Å². The second kappa shape index (κ2) is 4.31. The number of ether oxygens (including phenoxy) is 1. The summed E-state index contributed by atoms with van der Waals surface area (Å²) < 4.78 is 6.89. The number of hydrogen-bond acceptors (Lipinski definition) is 5. The van der Waals surface area contributed by atoms with Gasteiger partial charge in [0.15, 0.2) is 5.82 Å². The third-order valence-corrected chi connectivity index (χ3v) is 3.80. The third-order valence-electron chi connectivity index (χ3n) is 3.80. The minimum atomic E-state index is -0.773. The zero-order valence-corrected chi connectivity index (χ0v) is 10.9. The molecule has 1 fully saturated rings. The SMILES string of the molecule is COC(C)(C)c1nnnn1CC1(C(=O)O)CCC1. The number of aromatic nitrogens is 4. The van der Waals surface area contributed by atoms with E-state index in [0.29, 0.717) is 25.2 Å². The summed E-state index contributed by atoms with van der Waals surface area (Å²) in [5, 5.41) is 20.8. The Hall–Kier alpha value is -1.50. The van der Waals surface area contributed by atoms with E-state index in [1.165, 1.54) is 0 Å². The minimum Gasteiger partial charge on any atom is -0.481 e. The van der Waals surface area contributed by atoms with Crippen molar-refractivity contribution in [3.63, 3.8) is 0 Å². The number of carboxylic acids is 1. The first kappa shape index (κ1) is 12.9. The van der Waals surface area contributed by atoms with E-state index in [2.05, 4.69) is 15.5 Å². The molecule has 1 heterocycles. The fourth-order valence-electron chi connectivity index (χ4n) is 2.16. The normalized spacial score (nSPS) is 18.4. The number of carbonyl (C=O) groups is 1. The second-order valence-corrected chi connectivity index (χ2v) is 5.31. The van der Waals surface area contributed by atoms with Crippen LogP contribution < -0.4 is 0 Å². The molecule has 2 rings (SSSR count). The topological polar surface area (TPSA) is 90.1 Å². The van der Waals surface area contributed by atoms with Crippen LogP contribution >= 0.6 is 0 Å². The van der Waals surface area contributed by atoms with Gasteiger partial charge in [0, 0.05) is 7.11 Å².